The summed E-state index contributed by atoms with van der Waals surface area (Å²) >= 11 is 12.1. The van der Waals surface area contributed by atoms with Crippen LogP contribution in [-0.4, -0.2) is 39.7 Å². The van der Waals surface area contributed by atoms with E-state index in [4.69, 9.17) is 23.2 Å². The van der Waals surface area contributed by atoms with Crippen LogP contribution in [0.15, 0.2) is 48.5 Å². The number of hydrogen-bond donors (Lipinski definition) is 1. The number of likely N-dealkylation sites (N-methyl/N-ethyl adjacent to an activating group) is 1. The molecule has 0 spiro atoms. The van der Waals surface area contributed by atoms with Gasteiger partial charge in [0.25, 0.3) is 5.95 Å². The maximum absolute atomic E-state index is 12.3. The van der Waals surface area contributed by atoms with Crippen molar-refractivity contribution in [2.75, 3.05) is 23.8 Å². The van der Waals surface area contributed by atoms with Crippen molar-refractivity contribution >= 4 is 40.7 Å². The van der Waals surface area contributed by atoms with Gasteiger partial charge in [0.05, 0.1) is 28.0 Å². The number of para-hydroxylation sites is 2. The third-order valence-corrected chi connectivity index (χ3v) is 4.03. The number of nitrogens with zero attached hydrogens (tertiary/aromatic N) is 5. The molecule has 0 saturated carbocycles. The van der Waals surface area contributed by atoms with Crippen LogP contribution in [-0.2, 0) is 4.79 Å². The molecule has 7 nitrogen and oxygen atoms in total. The molecule has 1 aromatic heterocycles. The van der Waals surface area contributed by atoms with Gasteiger partial charge in [0.2, 0.25) is 5.91 Å². The summed E-state index contributed by atoms with van der Waals surface area (Å²) in [5.41, 5.74) is 1.18. The average molecular weight is 377 g/mol. The van der Waals surface area contributed by atoms with Crippen molar-refractivity contribution in [3.63, 3.8) is 0 Å². The highest BCUT2D eigenvalue weighted by atomic mass is 35.5. The van der Waals surface area contributed by atoms with E-state index in [9.17, 15) is 4.79 Å². The van der Waals surface area contributed by atoms with Crippen molar-refractivity contribution in [3.8, 4) is 5.69 Å². The Kier molecular flexibility index (Phi) is 5.16. The molecule has 1 heterocycles. The molecule has 0 aliphatic heterocycles. The molecular weight excluding hydrogens is 363 g/mol. The van der Waals surface area contributed by atoms with Gasteiger partial charge < -0.3 is 10.2 Å². The van der Waals surface area contributed by atoms with E-state index in [1.165, 1.54) is 0 Å². The van der Waals surface area contributed by atoms with Crippen LogP contribution in [0.4, 0.5) is 11.6 Å². The van der Waals surface area contributed by atoms with Gasteiger partial charge in [-0.3, -0.25) is 4.79 Å². The minimum absolute atomic E-state index is 0.0226. The van der Waals surface area contributed by atoms with Crippen molar-refractivity contribution in [2.45, 2.75) is 0 Å². The standard InChI is InChI=1S/C16H14Cl2N6O/c1-23(10-14(25)19-15-12(17)8-5-9-13(15)18)16-20-21-22-24(16)11-6-3-2-4-7-11/h2-9H,10H2,1H3,(H,19,25). The summed E-state index contributed by atoms with van der Waals surface area (Å²) in [5, 5.41) is 15.1. The summed E-state index contributed by atoms with van der Waals surface area (Å²) in [5.74, 6) is 0.145. The fourth-order valence-corrected chi connectivity index (χ4v) is 2.73. The number of carbonyl (C=O) groups excluding carboxylic acids is 1. The number of hydrogen-bond acceptors (Lipinski definition) is 5. The average Bonchev–Trinajstić information content (AvgIpc) is 3.09. The van der Waals surface area contributed by atoms with Crippen molar-refractivity contribution in [1.29, 1.82) is 0 Å². The zero-order chi connectivity index (χ0) is 17.8. The van der Waals surface area contributed by atoms with E-state index in [1.54, 1.807) is 34.8 Å². The molecule has 0 unspecified atom stereocenters. The number of rotatable bonds is 5. The first-order valence-electron chi connectivity index (χ1n) is 7.35. The molecule has 128 valence electrons. The number of nitrogens with one attached hydrogen (secondary N) is 1. The van der Waals surface area contributed by atoms with Crippen molar-refractivity contribution < 1.29 is 4.79 Å². The van der Waals surface area contributed by atoms with Crippen LogP contribution in [0.2, 0.25) is 10.0 Å². The number of carbonyl (C=O) groups is 1. The van der Waals surface area contributed by atoms with Crippen LogP contribution in [0.1, 0.15) is 0 Å². The van der Waals surface area contributed by atoms with Crippen LogP contribution >= 0.6 is 23.2 Å². The molecule has 0 saturated heterocycles. The molecule has 0 aliphatic rings. The van der Waals surface area contributed by atoms with Gasteiger partial charge in [-0.15, -0.1) is 0 Å². The number of amides is 1. The number of anilines is 2. The maximum atomic E-state index is 12.3. The predicted molar refractivity (Wildman–Crippen MR) is 97.5 cm³/mol. The molecule has 0 atom stereocenters. The van der Waals surface area contributed by atoms with Gasteiger partial charge in [-0.1, -0.05) is 52.6 Å². The second-order valence-corrected chi connectivity index (χ2v) is 6.04. The fourth-order valence-electron chi connectivity index (χ4n) is 2.24. The van der Waals surface area contributed by atoms with E-state index in [2.05, 4.69) is 20.8 Å². The molecule has 3 rings (SSSR count). The maximum Gasteiger partial charge on any atom is 0.250 e. The van der Waals surface area contributed by atoms with Gasteiger partial charge >= 0.3 is 0 Å². The molecule has 9 heteroatoms. The lowest BCUT2D eigenvalue weighted by Crippen LogP contribution is -2.32. The Morgan fingerprint density at radius 3 is 2.48 bits per heavy atom. The molecule has 1 N–H and O–H groups in total. The SMILES string of the molecule is CN(CC(=O)Nc1c(Cl)cccc1Cl)c1nnnn1-c1ccccc1. The highest BCUT2D eigenvalue weighted by Crippen LogP contribution is 2.29. The normalized spacial score (nSPS) is 10.5. The quantitative estimate of drug-likeness (QED) is 0.740. The van der Waals surface area contributed by atoms with Gasteiger partial charge in [-0.25, -0.2) is 0 Å². The highest BCUT2D eigenvalue weighted by molar-refractivity contribution is 6.39. The van der Waals surface area contributed by atoms with E-state index in [-0.39, 0.29) is 12.5 Å². The molecular formula is C16H14Cl2N6O. The lowest BCUT2D eigenvalue weighted by atomic mass is 10.3. The molecule has 0 bridgehead atoms. The fraction of sp³-hybridized carbons (Fsp3) is 0.125. The molecule has 3 aromatic rings. The second kappa shape index (κ2) is 7.50. The van der Waals surface area contributed by atoms with Crippen molar-refractivity contribution in [3.05, 3.63) is 58.6 Å². The van der Waals surface area contributed by atoms with Gasteiger partial charge in [0.1, 0.15) is 0 Å². The van der Waals surface area contributed by atoms with Gasteiger partial charge in [-0.2, -0.15) is 4.68 Å². The van der Waals surface area contributed by atoms with E-state index in [0.717, 1.165) is 5.69 Å². The van der Waals surface area contributed by atoms with Crippen molar-refractivity contribution in [2.24, 2.45) is 0 Å². The molecule has 0 fully saturated rings. The summed E-state index contributed by atoms with van der Waals surface area (Å²) in [7, 11) is 1.72. The number of benzene rings is 2. The van der Waals surface area contributed by atoms with Crippen LogP contribution in [0, 0.1) is 0 Å². The van der Waals surface area contributed by atoms with Gasteiger partial charge in [0, 0.05) is 7.05 Å². The Balaban J connectivity index is 1.74. The molecule has 1 amide bonds. The zero-order valence-corrected chi connectivity index (χ0v) is 14.7. The number of aromatic nitrogens is 4. The van der Waals surface area contributed by atoms with E-state index < -0.39 is 0 Å². The second-order valence-electron chi connectivity index (χ2n) is 5.23. The first-order chi connectivity index (χ1) is 12.1. The summed E-state index contributed by atoms with van der Waals surface area (Å²) in [6, 6.07) is 14.4. The number of halogens is 2. The van der Waals surface area contributed by atoms with E-state index in [1.807, 2.05) is 30.3 Å². The number of tetrazole rings is 1. The Hall–Kier alpha value is -2.64. The third-order valence-electron chi connectivity index (χ3n) is 3.40. The molecule has 0 aliphatic carbocycles. The van der Waals surface area contributed by atoms with Crippen LogP contribution < -0.4 is 10.2 Å². The summed E-state index contributed by atoms with van der Waals surface area (Å²) in [6.07, 6.45) is 0. The highest BCUT2D eigenvalue weighted by Gasteiger charge is 2.17. The van der Waals surface area contributed by atoms with Gasteiger partial charge in [-0.05, 0) is 34.7 Å². The summed E-state index contributed by atoms with van der Waals surface area (Å²) < 4.78 is 1.55. The minimum atomic E-state index is -0.292. The van der Waals surface area contributed by atoms with Gasteiger partial charge in [0.15, 0.2) is 0 Å². The summed E-state index contributed by atoms with van der Waals surface area (Å²) in [6.45, 7) is 0.0226. The summed E-state index contributed by atoms with van der Waals surface area (Å²) in [4.78, 5) is 14.0. The monoisotopic (exact) mass is 376 g/mol. The van der Waals surface area contributed by atoms with Crippen LogP contribution in [0.3, 0.4) is 0 Å². The third kappa shape index (κ3) is 3.89. The first kappa shape index (κ1) is 17.2. The Morgan fingerprint density at radius 2 is 1.80 bits per heavy atom. The lowest BCUT2D eigenvalue weighted by molar-refractivity contribution is -0.114. The molecule has 2 aromatic carbocycles. The first-order valence-corrected chi connectivity index (χ1v) is 8.10. The van der Waals surface area contributed by atoms with Crippen LogP contribution in [0.25, 0.3) is 5.69 Å². The Bertz CT molecular complexity index is 863. The smallest absolute Gasteiger partial charge is 0.250 e. The Morgan fingerprint density at radius 1 is 1.12 bits per heavy atom. The molecule has 0 radical (unpaired) electrons. The Labute approximate surface area is 154 Å². The topological polar surface area (TPSA) is 75.9 Å². The van der Waals surface area contributed by atoms with E-state index in [0.29, 0.717) is 21.7 Å². The predicted octanol–water partition coefficient (Wildman–Crippen LogP) is 3.04. The van der Waals surface area contributed by atoms with E-state index >= 15 is 0 Å². The van der Waals surface area contributed by atoms with Crippen molar-refractivity contribution in [1.82, 2.24) is 20.2 Å². The molecule has 25 heavy (non-hydrogen) atoms. The van der Waals surface area contributed by atoms with Crippen LogP contribution in [0.5, 0.6) is 0 Å². The lowest BCUT2D eigenvalue weighted by Gasteiger charge is -2.18. The largest absolute Gasteiger partial charge is 0.333 e. The zero-order valence-electron chi connectivity index (χ0n) is 13.2. The minimum Gasteiger partial charge on any atom is -0.333 e.